The highest BCUT2D eigenvalue weighted by Gasteiger charge is 2.30. The zero-order valence-electron chi connectivity index (χ0n) is 16.6. The highest BCUT2D eigenvalue weighted by Crippen LogP contribution is 2.36. The third-order valence-corrected chi connectivity index (χ3v) is 6.74. The molecular weight excluding hydrogens is 370 g/mol. The average molecular weight is 396 g/mol. The Hall–Kier alpha value is -2.54. The molecule has 4 rings (SSSR count). The van der Waals surface area contributed by atoms with Gasteiger partial charge in [-0.05, 0) is 51.3 Å². The third-order valence-electron chi connectivity index (χ3n) is 5.63. The zero-order valence-corrected chi connectivity index (χ0v) is 17.4. The van der Waals surface area contributed by atoms with Crippen LogP contribution in [-0.4, -0.2) is 40.5 Å². The second-order valence-corrected chi connectivity index (χ2v) is 8.42. The predicted molar refractivity (Wildman–Crippen MR) is 114 cm³/mol. The van der Waals surface area contributed by atoms with Crippen molar-refractivity contribution in [2.75, 3.05) is 29.4 Å². The van der Waals surface area contributed by atoms with Gasteiger partial charge in [-0.3, -0.25) is 9.78 Å². The average Bonchev–Trinajstić information content (AvgIpc) is 3.03. The fourth-order valence-electron chi connectivity index (χ4n) is 3.94. The van der Waals surface area contributed by atoms with E-state index < -0.39 is 0 Å². The molecule has 1 saturated heterocycles. The lowest BCUT2D eigenvalue weighted by atomic mass is 9.94. The van der Waals surface area contributed by atoms with Gasteiger partial charge in [0.2, 0.25) is 5.91 Å². The third kappa shape index (κ3) is 3.35. The molecule has 0 spiro atoms. The van der Waals surface area contributed by atoms with Gasteiger partial charge in [0.15, 0.2) is 0 Å². The standard InChI is InChI=1S/C21H25N5OS/c1-4-26(17-6-5-9-22-12-17)21(27)16-7-10-25(11-8-16)19-18-14(2)15(3)28-20(18)24-13-23-19/h5-6,9,12-13,16H,4,7-8,10-11H2,1-3H3. The molecular formula is C21H25N5OS. The number of nitrogens with zero attached hydrogens (tertiary/aromatic N) is 5. The molecule has 3 aromatic heterocycles. The second-order valence-electron chi connectivity index (χ2n) is 7.22. The molecule has 4 heterocycles. The normalized spacial score (nSPS) is 15.2. The van der Waals surface area contributed by atoms with E-state index in [1.54, 1.807) is 30.1 Å². The zero-order chi connectivity index (χ0) is 19.7. The second kappa shape index (κ2) is 7.83. The number of rotatable bonds is 4. The van der Waals surface area contributed by atoms with Crippen molar-refractivity contribution in [1.82, 2.24) is 15.0 Å². The maximum atomic E-state index is 13.1. The van der Waals surface area contributed by atoms with Crippen LogP contribution in [0.3, 0.4) is 0 Å². The van der Waals surface area contributed by atoms with E-state index in [4.69, 9.17) is 0 Å². The lowest BCUT2D eigenvalue weighted by Crippen LogP contribution is -2.43. The summed E-state index contributed by atoms with van der Waals surface area (Å²) in [5, 5.41) is 1.17. The Kier molecular flexibility index (Phi) is 5.26. The van der Waals surface area contributed by atoms with Crippen molar-refractivity contribution in [2.45, 2.75) is 33.6 Å². The minimum Gasteiger partial charge on any atom is -0.356 e. The molecule has 0 atom stereocenters. The molecule has 28 heavy (non-hydrogen) atoms. The molecule has 1 fully saturated rings. The summed E-state index contributed by atoms with van der Waals surface area (Å²) in [6.07, 6.45) is 6.82. The lowest BCUT2D eigenvalue weighted by molar-refractivity contribution is -0.122. The number of anilines is 2. The van der Waals surface area contributed by atoms with E-state index in [0.717, 1.165) is 42.3 Å². The minimum atomic E-state index is 0.0408. The van der Waals surface area contributed by atoms with Crippen LogP contribution in [0.1, 0.15) is 30.2 Å². The van der Waals surface area contributed by atoms with Crippen LogP contribution >= 0.6 is 11.3 Å². The van der Waals surface area contributed by atoms with Crippen LogP contribution in [0.15, 0.2) is 30.9 Å². The summed E-state index contributed by atoms with van der Waals surface area (Å²) in [4.78, 5) is 32.8. The van der Waals surface area contributed by atoms with Crippen molar-refractivity contribution >= 4 is 39.0 Å². The fourth-order valence-corrected chi connectivity index (χ4v) is 4.93. The summed E-state index contributed by atoms with van der Waals surface area (Å²) in [7, 11) is 0. The SMILES string of the molecule is CCN(C(=O)C1CCN(c2ncnc3sc(C)c(C)c23)CC1)c1cccnc1. The molecule has 1 aliphatic heterocycles. The van der Waals surface area contributed by atoms with Gasteiger partial charge in [0.05, 0.1) is 17.3 Å². The Morgan fingerprint density at radius 1 is 1.29 bits per heavy atom. The van der Waals surface area contributed by atoms with Gasteiger partial charge in [-0.15, -0.1) is 11.3 Å². The Bertz CT molecular complexity index is 979. The molecule has 0 saturated carbocycles. The highest BCUT2D eigenvalue weighted by atomic mass is 32.1. The predicted octanol–water partition coefficient (Wildman–Crippen LogP) is 3.97. The fraction of sp³-hybridized carbons (Fsp3) is 0.429. The number of amides is 1. The maximum absolute atomic E-state index is 13.1. The molecule has 0 bridgehead atoms. The van der Waals surface area contributed by atoms with Gasteiger partial charge in [-0.2, -0.15) is 0 Å². The number of hydrogen-bond acceptors (Lipinski definition) is 6. The Morgan fingerprint density at radius 3 is 2.75 bits per heavy atom. The first-order valence-corrected chi connectivity index (χ1v) is 10.6. The minimum absolute atomic E-state index is 0.0408. The van der Waals surface area contributed by atoms with Gasteiger partial charge in [-0.25, -0.2) is 9.97 Å². The molecule has 0 aromatic carbocycles. The Labute approximate surface area is 169 Å². The summed E-state index contributed by atoms with van der Waals surface area (Å²) >= 11 is 1.72. The number of fused-ring (bicyclic) bond motifs is 1. The lowest BCUT2D eigenvalue weighted by Gasteiger charge is -2.34. The van der Waals surface area contributed by atoms with Crippen LogP contribution in [0.25, 0.3) is 10.2 Å². The monoisotopic (exact) mass is 395 g/mol. The van der Waals surface area contributed by atoms with Gasteiger partial charge >= 0.3 is 0 Å². The molecule has 0 radical (unpaired) electrons. The van der Waals surface area contributed by atoms with Crippen molar-refractivity contribution in [3.05, 3.63) is 41.3 Å². The summed E-state index contributed by atoms with van der Waals surface area (Å²) in [5.41, 5.74) is 2.14. The van der Waals surface area contributed by atoms with E-state index in [0.29, 0.717) is 6.54 Å². The molecule has 1 aliphatic rings. The quantitative estimate of drug-likeness (QED) is 0.669. The number of carbonyl (C=O) groups excluding carboxylic acids is 1. The van der Waals surface area contributed by atoms with Crippen LogP contribution in [0, 0.1) is 19.8 Å². The molecule has 7 heteroatoms. The number of aryl methyl sites for hydroxylation is 2. The van der Waals surface area contributed by atoms with E-state index in [-0.39, 0.29) is 11.8 Å². The number of piperidine rings is 1. The van der Waals surface area contributed by atoms with Crippen molar-refractivity contribution < 1.29 is 4.79 Å². The Balaban J connectivity index is 1.50. The van der Waals surface area contributed by atoms with E-state index in [1.165, 1.54) is 15.8 Å². The largest absolute Gasteiger partial charge is 0.356 e. The van der Waals surface area contributed by atoms with E-state index in [1.807, 2.05) is 24.0 Å². The van der Waals surface area contributed by atoms with Crippen molar-refractivity contribution in [1.29, 1.82) is 0 Å². The molecule has 3 aromatic rings. The van der Waals surface area contributed by atoms with Crippen LogP contribution in [0.5, 0.6) is 0 Å². The molecule has 1 amide bonds. The molecule has 0 N–H and O–H groups in total. The smallest absolute Gasteiger partial charge is 0.230 e. The van der Waals surface area contributed by atoms with Gasteiger partial charge < -0.3 is 9.80 Å². The van der Waals surface area contributed by atoms with Crippen LogP contribution < -0.4 is 9.80 Å². The van der Waals surface area contributed by atoms with Crippen molar-refractivity contribution in [2.24, 2.45) is 5.92 Å². The molecule has 146 valence electrons. The van der Waals surface area contributed by atoms with Crippen LogP contribution in [0.2, 0.25) is 0 Å². The summed E-state index contributed by atoms with van der Waals surface area (Å²) in [6, 6.07) is 3.82. The number of aromatic nitrogens is 3. The number of carbonyl (C=O) groups is 1. The summed E-state index contributed by atoms with van der Waals surface area (Å²) in [6.45, 7) is 8.62. The highest BCUT2D eigenvalue weighted by molar-refractivity contribution is 7.18. The first kappa shape index (κ1) is 18.8. The van der Waals surface area contributed by atoms with E-state index in [2.05, 4.69) is 33.7 Å². The molecule has 0 aliphatic carbocycles. The molecule has 6 nitrogen and oxygen atoms in total. The van der Waals surface area contributed by atoms with Crippen molar-refractivity contribution in [3.8, 4) is 0 Å². The number of pyridine rings is 1. The van der Waals surface area contributed by atoms with E-state index in [9.17, 15) is 4.79 Å². The van der Waals surface area contributed by atoms with Crippen molar-refractivity contribution in [3.63, 3.8) is 0 Å². The van der Waals surface area contributed by atoms with Gasteiger partial charge in [0.1, 0.15) is 17.0 Å². The summed E-state index contributed by atoms with van der Waals surface area (Å²) < 4.78 is 0. The van der Waals surface area contributed by atoms with Gasteiger partial charge in [0.25, 0.3) is 0 Å². The first-order valence-electron chi connectivity index (χ1n) is 9.77. The van der Waals surface area contributed by atoms with E-state index >= 15 is 0 Å². The number of thiophene rings is 1. The first-order chi connectivity index (χ1) is 13.6. The Morgan fingerprint density at radius 2 is 2.07 bits per heavy atom. The topological polar surface area (TPSA) is 62.2 Å². The van der Waals surface area contributed by atoms with Crippen LogP contribution in [-0.2, 0) is 4.79 Å². The van der Waals surface area contributed by atoms with Gasteiger partial charge in [0, 0.05) is 36.6 Å². The maximum Gasteiger partial charge on any atom is 0.230 e. The van der Waals surface area contributed by atoms with Gasteiger partial charge in [-0.1, -0.05) is 0 Å². The van der Waals surface area contributed by atoms with Crippen LogP contribution in [0.4, 0.5) is 11.5 Å². The summed E-state index contributed by atoms with van der Waals surface area (Å²) in [5.74, 6) is 1.25. The molecule has 0 unspecified atom stereocenters. The number of hydrogen-bond donors (Lipinski definition) is 0.